The topological polar surface area (TPSA) is 46.5 Å². The van der Waals surface area contributed by atoms with E-state index in [1.54, 1.807) is 0 Å². The van der Waals surface area contributed by atoms with Crippen molar-refractivity contribution in [2.45, 2.75) is 47.5 Å². The van der Waals surface area contributed by atoms with Crippen LogP contribution < -0.4 is 0 Å². The molecule has 0 aromatic rings. The number of ether oxygens (including phenoxy) is 1. The van der Waals surface area contributed by atoms with Crippen LogP contribution in [0.3, 0.4) is 0 Å². The van der Waals surface area contributed by atoms with Crippen molar-refractivity contribution in [2.24, 2.45) is 17.3 Å². The van der Waals surface area contributed by atoms with Crippen LogP contribution in [0.15, 0.2) is 0 Å². The van der Waals surface area contributed by atoms with Gasteiger partial charge in [-0.1, -0.05) is 27.7 Å². The van der Waals surface area contributed by atoms with E-state index in [0.29, 0.717) is 37.9 Å². The van der Waals surface area contributed by atoms with Gasteiger partial charge in [0.25, 0.3) is 0 Å². The van der Waals surface area contributed by atoms with Crippen molar-refractivity contribution in [1.29, 1.82) is 0 Å². The van der Waals surface area contributed by atoms with Gasteiger partial charge in [-0.25, -0.2) is 0 Å². The summed E-state index contributed by atoms with van der Waals surface area (Å²) in [5, 5.41) is 9.47. The van der Waals surface area contributed by atoms with E-state index in [4.69, 9.17) is 4.74 Å². The minimum atomic E-state index is -0.719. The highest BCUT2D eigenvalue weighted by molar-refractivity contribution is 5.74. The van der Waals surface area contributed by atoms with Crippen LogP contribution in [-0.2, 0) is 9.53 Å². The summed E-state index contributed by atoms with van der Waals surface area (Å²) >= 11 is 0. The zero-order valence-corrected chi connectivity index (χ0v) is 11.2. The molecule has 96 valence electrons. The van der Waals surface area contributed by atoms with Gasteiger partial charge in [0.1, 0.15) is 0 Å². The number of carbonyl (C=O) groups is 1. The highest BCUT2D eigenvalue weighted by Gasteiger charge is 2.39. The molecular weight excluding hydrogens is 204 g/mol. The van der Waals surface area contributed by atoms with Gasteiger partial charge in [-0.3, -0.25) is 4.79 Å². The summed E-state index contributed by atoms with van der Waals surface area (Å²) < 4.78 is 5.38. The summed E-state index contributed by atoms with van der Waals surface area (Å²) in [6, 6.07) is 0. The van der Waals surface area contributed by atoms with E-state index in [-0.39, 0.29) is 0 Å². The third kappa shape index (κ3) is 4.97. The molecule has 1 N–H and O–H groups in total. The lowest BCUT2D eigenvalue weighted by molar-refractivity contribution is -0.156. The summed E-state index contributed by atoms with van der Waals surface area (Å²) in [4.78, 5) is 11.5. The first-order valence-corrected chi connectivity index (χ1v) is 6.15. The standard InChI is InChI=1S/C13H26O3/c1-6-16-9-13(12(14)15,7-10(2)3)8-11(4)5/h10-11H,6-9H2,1-5H3,(H,14,15). The Labute approximate surface area is 99.2 Å². The van der Waals surface area contributed by atoms with Gasteiger partial charge in [-0.2, -0.15) is 0 Å². The molecule has 0 amide bonds. The average Bonchev–Trinajstić information content (AvgIpc) is 2.11. The van der Waals surface area contributed by atoms with E-state index in [2.05, 4.69) is 27.7 Å². The van der Waals surface area contributed by atoms with E-state index in [9.17, 15) is 9.90 Å². The Kier molecular flexibility index (Phi) is 6.65. The fraction of sp³-hybridized carbons (Fsp3) is 0.923. The number of hydrogen-bond acceptors (Lipinski definition) is 2. The minimum Gasteiger partial charge on any atom is -0.481 e. The second-order valence-electron chi connectivity index (χ2n) is 5.42. The van der Waals surface area contributed by atoms with Crippen LogP contribution in [0, 0.1) is 17.3 Å². The van der Waals surface area contributed by atoms with Crippen LogP contribution in [0.4, 0.5) is 0 Å². The predicted molar refractivity (Wildman–Crippen MR) is 65.5 cm³/mol. The normalized spacial score (nSPS) is 12.4. The lowest BCUT2D eigenvalue weighted by Gasteiger charge is -2.32. The zero-order chi connectivity index (χ0) is 12.8. The van der Waals surface area contributed by atoms with E-state index < -0.39 is 11.4 Å². The molecule has 0 fully saturated rings. The molecule has 3 heteroatoms. The number of aliphatic carboxylic acids is 1. The molecule has 0 spiro atoms. The Hall–Kier alpha value is -0.570. The predicted octanol–water partition coefficient (Wildman–Crippen LogP) is 3.19. The number of carboxylic acid groups (broad SMARTS) is 1. The first kappa shape index (κ1) is 15.4. The van der Waals surface area contributed by atoms with Gasteiger partial charge in [0.2, 0.25) is 0 Å². The molecule has 0 heterocycles. The number of rotatable bonds is 8. The van der Waals surface area contributed by atoms with E-state index in [1.807, 2.05) is 6.92 Å². The lowest BCUT2D eigenvalue weighted by Crippen LogP contribution is -2.38. The SMILES string of the molecule is CCOCC(CC(C)C)(CC(C)C)C(=O)O. The van der Waals surface area contributed by atoms with Crippen molar-refractivity contribution in [3.8, 4) is 0 Å². The monoisotopic (exact) mass is 230 g/mol. The summed E-state index contributed by atoms with van der Waals surface area (Å²) in [6.07, 6.45) is 1.36. The zero-order valence-electron chi connectivity index (χ0n) is 11.2. The van der Waals surface area contributed by atoms with Gasteiger partial charge in [0.05, 0.1) is 12.0 Å². The molecule has 0 saturated carbocycles. The lowest BCUT2D eigenvalue weighted by atomic mass is 9.75. The number of hydrogen-bond donors (Lipinski definition) is 1. The van der Waals surface area contributed by atoms with Gasteiger partial charge in [0, 0.05) is 6.61 Å². The van der Waals surface area contributed by atoms with Crippen LogP contribution >= 0.6 is 0 Å². The second kappa shape index (κ2) is 6.89. The van der Waals surface area contributed by atoms with Crippen LogP contribution in [0.2, 0.25) is 0 Å². The molecule has 0 unspecified atom stereocenters. The van der Waals surface area contributed by atoms with Crippen LogP contribution in [0.25, 0.3) is 0 Å². The quantitative estimate of drug-likeness (QED) is 0.696. The molecular formula is C13H26O3. The van der Waals surface area contributed by atoms with Gasteiger partial charge in [0.15, 0.2) is 0 Å². The number of carboxylic acids is 1. The Morgan fingerprint density at radius 3 is 1.88 bits per heavy atom. The van der Waals surface area contributed by atoms with Crippen LogP contribution in [0.1, 0.15) is 47.5 Å². The molecule has 0 radical (unpaired) electrons. The molecule has 0 saturated heterocycles. The summed E-state index contributed by atoms with van der Waals surface area (Å²) in [5.41, 5.74) is -0.710. The van der Waals surface area contributed by atoms with Gasteiger partial charge >= 0.3 is 5.97 Å². The van der Waals surface area contributed by atoms with E-state index >= 15 is 0 Å². The molecule has 0 aliphatic rings. The molecule has 0 bridgehead atoms. The van der Waals surface area contributed by atoms with Crippen molar-refractivity contribution < 1.29 is 14.6 Å². The van der Waals surface area contributed by atoms with Gasteiger partial charge < -0.3 is 9.84 Å². The summed E-state index contributed by atoms with van der Waals surface area (Å²) in [6.45, 7) is 11.0. The highest BCUT2D eigenvalue weighted by Crippen LogP contribution is 2.34. The van der Waals surface area contributed by atoms with Gasteiger partial charge in [-0.15, -0.1) is 0 Å². The first-order chi connectivity index (χ1) is 7.34. The first-order valence-electron chi connectivity index (χ1n) is 6.15. The molecule has 0 aliphatic carbocycles. The highest BCUT2D eigenvalue weighted by atomic mass is 16.5. The van der Waals surface area contributed by atoms with E-state index in [0.717, 1.165) is 0 Å². The van der Waals surface area contributed by atoms with Crippen LogP contribution in [-0.4, -0.2) is 24.3 Å². The fourth-order valence-corrected chi connectivity index (χ4v) is 2.30. The van der Waals surface area contributed by atoms with Crippen molar-refractivity contribution in [2.75, 3.05) is 13.2 Å². The van der Waals surface area contributed by atoms with Crippen LogP contribution in [0.5, 0.6) is 0 Å². The molecule has 3 nitrogen and oxygen atoms in total. The van der Waals surface area contributed by atoms with E-state index in [1.165, 1.54) is 0 Å². The molecule has 0 aliphatic heterocycles. The molecule has 0 aromatic heterocycles. The molecule has 16 heavy (non-hydrogen) atoms. The Morgan fingerprint density at radius 1 is 1.19 bits per heavy atom. The second-order valence-corrected chi connectivity index (χ2v) is 5.42. The Bertz CT molecular complexity index is 199. The van der Waals surface area contributed by atoms with Gasteiger partial charge in [-0.05, 0) is 31.6 Å². The summed E-state index contributed by atoms with van der Waals surface area (Å²) in [5.74, 6) is 0.0222. The molecule has 0 rings (SSSR count). The summed E-state index contributed by atoms with van der Waals surface area (Å²) in [7, 11) is 0. The van der Waals surface area contributed by atoms with Crippen molar-refractivity contribution in [3.05, 3.63) is 0 Å². The minimum absolute atomic E-state index is 0.329. The van der Waals surface area contributed by atoms with Crippen molar-refractivity contribution in [1.82, 2.24) is 0 Å². The molecule has 0 atom stereocenters. The smallest absolute Gasteiger partial charge is 0.312 e. The Morgan fingerprint density at radius 2 is 1.62 bits per heavy atom. The third-order valence-electron chi connectivity index (χ3n) is 2.63. The largest absolute Gasteiger partial charge is 0.481 e. The maximum absolute atomic E-state index is 11.5. The third-order valence-corrected chi connectivity index (χ3v) is 2.63. The maximum atomic E-state index is 11.5. The maximum Gasteiger partial charge on any atom is 0.312 e. The molecule has 0 aromatic carbocycles. The Balaban J connectivity index is 4.81. The van der Waals surface area contributed by atoms with Crippen molar-refractivity contribution in [3.63, 3.8) is 0 Å². The average molecular weight is 230 g/mol. The fourth-order valence-electron chi connectivity index (χ4n) is 2.30. The van der Waals surface area contributed by atoms with Crippen molar-refractivity contribution >= 4 is 5.97 Å².